The van der Waals surface area contributed by atoms with Gasteiger partial charge in [0.15, 0.2) is 5.65 Å². The Bertz CT molecular complexity index is 957. The molecule has 0 aliphatic heterocycles. The summed E-state index contributed by atoms with van der Waals surface area (Å²) in [5, 5.41) is 17.3. The first kappa shape index (κ1) is 17.0. The number of hydrogen-bond acceptors (Lipinski definition) is 5. The van der Waals surface area contributed by atoms with Gasteiger partial charge in [-0.25, -0.2) is 9.50 Å². The average Bonchev–Trinajstić information content (AvgIpc) is 3.00. The van der Waals surface area contributed by atoms with Crippen LogP contribution in [0.2, 0.25) is 5.02 Å². The number of benzene rings is 1. The molecular weight excluding hydrogens is 363 g/mol. The van der Waals surface area contributed by atoms with Crippen LogP contribution < -0.4 is 5.32 Å². The molecule has 2 aromatic heterocycles. The van der Waals surface area contributed by atoms with Gasteiger partial charge in [0.25, 0.3) is 5.69 Å². The fourth-order valence-electron chi connectivity index (χ4n) is 2.28. The zero-order chi connectivity index (χ0) is 18.2. The van der Waals surface area contributed by atoms with Gasteiger partial charge in [-0.2, -0.15) is 18.3 Å². The average molecular weight is 372 g/mol. The van der Waals surface area contributed by atoms with Gasteiger partial charge in [-0.05, 0) is 12.1 Å². The normalized spacial score (nSPS) is 11.7. The molecule has 0 aliphatic rings. The van der Waals surface area contributed by atoms with Gasteiger partial charge in [-0.1, -0.05) is 11.6 Å². The van der Waals surface area contributed by atoms with Gasteiger partial charge in [0, 0.05) is 18.3 Å². The SMILES string of the molecule is O=[N+]([O-])c1cc(C(F)(F)F)c(Cl)cc1NCc1ccnc2ccnn12. The number of rotatable bonds is 4. The minimum Gasteiger partial charge on any atom is -0.374 e. The summed E-state index contributed by atoms with van der Waals surface area (Å²) in [6, 6.07) is 4.61. The lowest BCUT2D eigenvalue weighted by molar-refractivity contribution is -0.384. The number of fused-ring (bicyclic) bond motifs is 1. The Morgan fingerprint density at radius 1 is 1.28 bits per heavy atom. The lowest BCUT2D eigenvalue weighted by atomic mass is 10.1. The van der Waals surface area contributed by atoms with Crippen molar-refractivity contribution in [3.63, 3.8) is 0 Å². The van der Waals surface area contributed by atoms with Crippen LogP contribution in [0, 0.1) is 10.1 Å². The van der Waals surface area contributed by atoms with Gasteiger partial charge in [-0.3, -0.25) is 10.1 Å². The van der Waals surface area contributed by atoms with Gasteiger partial charge in [0.2, 0.25) is 0 Å². The number of halogens is 4. The molecule has 0 bridgehead atoms. The van der Waals surface area contributed by atoms with E-state index in [2.05, 4.69) is 15.4 Å². The van der Waals surface area contributed by atoms with Crippen molar-refractivity contribution < 1.29 is 18.1 Å². The maximum absolute atomic E-state index is 12.9. The quantitative estimate of drug-likeness (QED) is 0.555. The highest BCUT2D eigenvalue weighted by atomic mass is 35.5. The molecule has 0 spiro atoms. The third-order valence-electron chi connectivity index (χ3n) is 3.42. The molecule has 130 valence electrons. The molecule has 0 unspecified atom stereocenters. The number of nitrogens with zero attached hydrogens (tertiary/aromatic N) is 4. The summed E-state index contributed by atoms with van der Waals surface area (Å²) in [7, 11) is 0. The van der Waals surface area contributed by atoms with E-state index in [0.29, 0.717) is 17.4 Å². The molecule has 0 saturated heterocycles. The second kappa shape index (κ2) is 6.20. The maximum atomic E-state index is 12.9. The summed E-state index contributed by atoms with van der Waals surface area (Å²) in [5.74, 6) is 0. The molecular formula is C14H9ClF3N5O2. The number of nitrogens with one attached hydrogen (secondary N) is 1. The first-order valence-electron chi connectivity index (χ1n) is 6.84. The van der Waals surface area contributed by atoms with Crippen molar-refractivity contribution in [2.75, 3.05) is 5.32 Å². The predicted molar refractivity (Wildman–Crippen MR) is 83.4 cm³/mol. The number of alkyl halides is 3. The Labute approximate surface area is 143 Å². The molecule has 25 heavy (non-hydrogen) atoms. The van der Waals surface area contributed by atoms with Crippen molar-refractivity contribution in [1.29, 1.82) is 0 Å². The molecule has 0 radical (unpaired) electrons. The van der Waals surface area contributed by atoms with E-state index in [1.165, 1.54) is 16.9 Å². The highest BCUT2D eigenvalue weighted by molar-refractivity contribution is 6.31. The largest absolute Gasteiger partial charge is 0.418 e. The topological polar surface area (TPSA) is 85.4 Å². The van der Waals surface area contributed by atoms with Crippen LogP contribution in [0.5, 0.6) is 0 Å². The van der Waals surface area contributed by atoms with E-state index in [9.17, 15) is 23.3 Å². The van der Waals surface area contributed by atoms with Crippen LogP contribution in [0.4, 0.5) is 24.5 Å². The van der Waals surface area contributed by atoms with Gasteiger partial charge >= 0.3 is 6.18 Å². The lowest BCUT2D eigenvalue weighted by Gasteiger charge is -2.13. The van der Waals surface area contributed by atoms with Gasteiger partial charge < -0.3 is 5.32 Å². The van der Waals surface area contributed by atoms with E-state index >= 15 is 0 Å². The molecule has 0 aliphatic carbocycles. The van der Waals surface area contributed by atoms with Crippen molar-refractivity contribution in [2.45, 2.75) is 12.7 Å². The number of nitro benzene ring substituents is 1. The molecule has 0 saturated carbocycles. The number of anilines is 1. The van der Waals surface area contributed by atoms with Crippen LogP contribution in [0.25, 0.3) is 5.65 Å². The van der Waals surface area contributed by atoms with E-state index in [4.69, 9.17) is 11.6 Å². The Kier molecular flexibility index (Phi) is 4.21. The second-order valence-electron chi connectivity index (χ2n) is 5.00. The van der Waals surface area contributed by atoms with E-state index in [-0.39, 0.29) is 12.2 Å². The van der Waals surface area contributed by atoms with Crippen molar-refractivity contribution >= 4 is 28.6 Å². The molecule has 0 atom stereocenters. The fourth-order valence-corrected chi connectivity index (χ4v) is 2.55. The molecule has 2 heterocycles. The van der Waals surface area contributed by atoms with Gasteiger partial charge in [0.05, 0.1) is 33.9 Å². The number of aromatic nitrogens is 3. The molecule has 0 amide bonds. The van der Waals surface area contributed by atoms with Crippen LogP contribution in [-0.4, -0.2) is 19.5 Å². The monoisotopic (exact) mass is 371 g/mol. The highest BCUT2D eigenvalue weighted by Gasteiger charge is 2.36. The third-order valence-corrected chi connectivity index (χ3v) is 3.73. The van der Waals surface area contributed by atoms with Crippen molar-refractivity contribution in [3.05, 3.63) is 63.1 Å². The van der Waals surface area contributed by atoms with Crippen molar-refractivity contribution in [2.24, 2.45) is 0 Å². The summed E-state index contributed by atoms with van der Waals surface area (Å²) in [6.07, 6.45) is -1.72. The summed E-state index contributed by atoms with van der Waals surface area (Å²) < 4.78 is 40.1. The zero-order valence-corrected chi connectivity index (χ0v) is 13.0. The number of nitro groups is 1. The minimum absolute atomic E-state index is 0.0727. The standard InChI is InChI=1S/C14H9ClF3N5O2/c15-10-6-11(12(23(24)25)5-9(10)14(16,17)18)20-7-8-1-3-19-13-2-4-21-22(8)13/h1-6,20H,7H2. The predicted octanol–water partition coefficient (Wildman–Crippen LogP) is 3.92. The Hall–Kier alpha value is -2.88. The van der Waals surface area contributed by atoms with Crippen LogP contribution in [0.15, 0.2) is 36.7 Å². The third kappa shape index (κ3) is 3.33. The highest BCUT2D eigenvalue weighted by Crippen LogP contribution is 2.40. The summed E-state index contributed by atoms with van der Waals surface area (Å²) >= 11 is 5.64. The minimum atomic E-state index is -4.79. The van der Waals surface area contributed by atoms with E-state index in [1.807, 2.05) is 0 Å². The molecule has 1 N–H and O–H groups in total. The van der Waals surface area contributed by atoms with Gasteiger partial charge in [0.1, 0.15) is 5.69 Å². The second-order valence-corrected chi connectivity index (χ2v) is 5.40. The molecule has 1 aromatic carbocycles. The molecule has 3 rings (SSSR count). The van der Waals surface area contributed by atoms with E-state index in [0.717, 1.165) is 6.07 Å². The molecule has 0 fully saturated rings. The summed E-state index contributed by atoms with van der Waals surface area (Å²) in [6.45, 7) is 0.0727. The zero-order valence-electron chi connectivity index (χ0n) is 12.3. The van der Waals surface area contributed by atoms with Crippen LogP contribution in [-0.2, 0) is 12.7 Å². The van der Waals surface area contributed by atoms with Crippen LogP contribution >= 0.6 is 11.6 Å². The first-order valence-corrected chi connectivity index (χ1v) is 7.22. The van der Waals surface area contributed by atoms with E-state index < -0.39 is 27.4 Å². The Morgan fingerprint density at radius 2 is 2.04 bits per heavy atom. The number of hydrogen-bond donors (Lipinski definition) is 1. The fraction of sp³-hybridized carbons (Fsp3) is 0.143. The van der Waals surface area contributed by atoms with Crippen LogP contribution in [0.3, 0.4) is 0 Å². The van der Waals surface area contributed by atoms with Crippen molar-refractivity contribution in [3.8, 4) is 0 Å². The lowest BCUT2D eigenvalue weighted by Crippen LogP contribution is -2.10. The smallest absolute Gasteiger partial charge is 0.374 e. The summed E-state index contributed by atoms with van der Waals surface area (Å²) in [5.41, 5.74) is -0.924. The van der Waals surface area contributed by atoms with E-state index in [1.54, 1.807) is 12.1 Å². The first-order chi connectivity index (χ1) is 11.8. The van der Waals surface area contributed by atoms with Crippen LogP contribution in [0.1, 0.15) is 11.3 Å². The van der Waals surface area contributed by atoms with Crippen molar-refractivity contribution in [1.82, 2.24) is 14.6 Å². The maximum Gasteiger partial charge on any atom is 0.418 e. The Balaban J connectivity index is 1.95. The Morgan fingerprint density at radius 3 is 2.72 bits per heavy atom. The molecule has 11 heteroatoms. The molecule has 7 nitrogen and oxygen atoms in total. The van der Waals surface area contributed by atoms with Gasteiger partial charge in [-0.15, -0.1) is 0 Å². The summed E-state index contributed by atoms with van der Waals surface area (Å²) in [4.78, 5) is 14.3. The molecule has 3 aromatic rings.